The number of hydrogen-bond acceptors (Lipinski definition) is 7. The molecule has 0 amide bonds. The minimum Gasteiger partial charge on any atom is -0.508 e. The van der Waals surface area contributed by atoms with Crippen LogP contribution in [0.2, 0.25) is 0 Å². The predicted molar refractivity (Wildman–Crippen MR) is 128 cm³/mol. The summed E-state index contributed by atoms with van der Waals surface area (Å²) in [5.74, 6) is -0.679. The van der Waals surface area contributed by atoms with Crippen LogP contribution in [0.4, 0.5) is 0 Å². The third-order valence-corrected chi connectivity index (χ3v) is 7.71. The summed E-state index contributed by atoms with van der Waals surface area (Å²) in [6.07, 6.45) is -1.19. The van der Waals surface area contributed by atoms with Gasteiger partial charge in [0.2, 0.25) is 0 Å². The van der Waals surface area contributed by atoms with Gasteiger partial charge in [0.25, 0.3) is 0 Å². The molecule has 182 valence electrons. The average Bonchev–Trinajstić information content (AvgIpc) is 3.26. The number of phenolic OH excluding ortho intramolecular Hbond substituents is 1. The highest BCUT2D eigenvalue weighted by atomic mass is 16.5. The highest BCUT2D eigenvalue weighted by molar-refractivity contribution is 5.78. The predicted octanol–water partition coefficient (Wildman–Crippen LogP) is 3.90. The molecule has 1 heterocycles. The lowest BCUT2D eigenvalue weighted by atomic mass is 9.64. The van der Waals surface area contributed by atoms with Gasteiger partial charge in [-0.3, -0.25) is 4.79 Å². The van der Waals surface area contributed by atoms with Gasteiger partial charge in [-0.15, -0.1) is 0 Å². The van der Waals surface area contributed by atoms with Gasteiger partial charge in [-0.1, -0.05) is 42.5 Å². The molecule has 2 N–H and O–H groups in total. The van der Waals surface area contributed by atoms with Crippen LogP contribution >= 0.6 is 0 Å². The van der Waals surface area contributed by atoms with Gasteiger partial charge < -0.3 is 29.2 Å². The minimum atomic E-state index is -1.23. The second-order valence-electron chi connectivity index (χ2n) is 9.17. The lowest BCUT2D eigenvalue weighted by Gasteiger charge is -2.42. The van der Waals surface area contributed by atoms with Crippen LogP contribution in [0.3, 0.4) is 0 Å². The standard InChI is InChI=1S/C28H28O7/c1-27-24-20(33-3)14-18(29)15-21(24)35-28(27,17-10-12-19(32-2)13-11-17)23(16-8-6-5-7-9-16)22(25(27)30)26(31)34-4/h5-15,22-23,25,29-30H,1-4H3/t22-,23-,25-,27-,28+/m1/s1. The molecule has 5 atom stereocenters. The molecular weight excluding hydrogens is 448 g/mol. The first-order valence-electron chi connectivity index (χ1n) is 11.4. The van der Waals surface area contributed by atoms with E-state index >= 15 is 0 Å². The van der Waals surface area contributed by atoms with Gasteiger partial charge in [0, 0.05) is 23.6 Å². The van der Waals surface area contributed by atoms with E-state index in [1.54, 1.807) is 7.11 Å². The molecule has 1 aliphatic heterocycles. The monoisotopic (exact) mass is 476 g/mol. The van der Waals surface area contributed by atoms with Gasteiger partial charge >= 0.3 is 5.97 Å². The maximum Gasteiger partial charge on any atom is 0.312 e. The number of fused-ring (bicyclic) bond motifs is 3. The molecule has 7 heteroatoms. The topological polar surface area (TPSA) is 94.5 Å². The average molecular weight is 477 g/mol. The second kappa shape index (κ2) is 8.20. The number of hydrogen-bond donors (Lipinski definition) is 2. The zero-order valence-corrected chi connectivity index (χ0v) is 20.0. The van der Waals surface area contributed by atoms with Crippen molar-refractivity contribution >= 4 is 5.97 Å². The van der Waals surface area contributed by atoms with Gasteiger partial charge in [-0.2, -0.15) is 0 Å². The number of benzene rings is 3. The highest BCUT2D eigenvalue weighted by Crippen LogP contribution is 2.71. The fourth-order valence-electron chi connectivity index (χ4n) is 6.22. The summed E-state index contributed by atoms with van der Waals surface area (Å²) in [4.78, 5) is 13.2. The number of ether oxygens (including phenoxy) is 4. The Morgan fingerprint density at radius 2 is 1.66 bits per heavy atom. The number of rotatable bonds is 5. The Labute approximate surface area is 203 Å². The SMILES string of the molecule is COC(=O)[C@H]1[C@@H](O)[C@@]2(C)c3c(OC)cc(O)cc3O[C@@]2(c2ccc(OC)cc2)[C@@H]1c1ccccc1. The zero-order valence-electron chi connectivity index (χ0n) is 20.0. The zero-order chi connectivity index (χ0) is 25.0. The molecule has 0 spiro atoms. The molecule has 0 saturated heterocycles. The van der Waals surface area contributed by atoms with Gasteiger partial charge in [-0.25, -0.2) is 0 Å². The van der Waals surface area contributed by atoms with Crippen molar-refractivity contribution in [2.24, 2.45) is 5.92 Å². The van der Waals surface area contributed by atoms with Crippen molar-refractivity contribution in [2.45, 2.75) is 30.0 Å². The third kappa shape index (κ3) is 2.97. The van der Waals surface area contributed by atoms with Gasteiger partial charge in [0.15, 0.2) is 5.60 Å². The van der Waals surface area contributed by atoms with E-state index in [4.69, 9.17) is 18.9 Å². The highest BCUT2D eigenvalue weighted by Gasteiger charge is 2.76. The van der Waals surface area contributed by atoms with E-state index in [1.807, 2.05) is 61.5 Å². The fourth-order valence-corrected chi connectivity index (χ4v) is 6.22. The summed E-state index contributed by atoms with van der Waals surface area (Å²) in [6.45, 7) is 1.88. The van der Waals surface area contributed by atoms with Crippen molar-refractivity contribution in [1.29, 1.82) is 0 Å². The summed E-state index contributed by atoms with van der Waals surface area (Å²) in [6, 6.07) is 20.0. The van der Waals surface area contributed by atoms with Crippen molar-refractivity contribution in [2.75, 3.05) is 21.3 Å². The van der Waals surface area contributed by atoms with Crippen molar-refractivity contribution in [3.63, 3.8) is 0 Å². The maximum absolute atomic E-state index is 13.2. The summed E-state index contributed by atoms with van der Waals surface area (Å²) in [7, 11) is 4.41. The van der Waals surface area contributed by atoms with Crippen LogP contribution in [0.25, 0.3) is 0 Å². The molecule has 0 unspecified atom stereocenters. The molecule has 0 bridgehead atoms. The first-order chi connectivity index (χ1) is 16.8. The molecule has 1 aliphatic carbocycles. The van der Waals surface area contributed by atoms with E-state index < -0.39 is 34.9 Å². The first kappa shape index (κ1) is 23.1. The van der Waals surface area contributed by atoms with E-state index in [1.165, 1.54) is 26.4 Å². The lowest BCUT2D eigenvalue weighted by Crippen LogP contribution is -2.50. The number of esters is 1. The Balaban J connectivity index is 1.88. The number of methoxy groups -OCH3 is 3. The quantitative estimate of drug-likeness (QED) is 0.540. The van der Waals surface area contributed by atoms with Crippen molar-refractivity contribution in [3.8, 4) is 23.0 Å². The van der Waals surface area contributed by atoms with Crippen LogP contribution < -0.4 is 14.2 Å². The Bertz CT molecular complexity index is 1260. The van der Waals surface area contributed by atoms with E-state index in [0.29, 0.717) is 22.8 Å². The van der Waals surface area contributed by atoms with Crippen LogP contribution in [0.5, 0.6) is 23.0 Å². The number of carbonyl (C=O) groups excluding carboxylic acids is 1. The molecular formula is C28H28O7. The molecule has 7 nitrogen and oxygen atoms in total. The number of aliphatic hydroxyl groups excluding tert-OH is 1. The molecule has 0 radical (unpaired) electrons. The van der Waals surface area contributed by atoms with Crippen LogP contribution in [0, 0.1) is 5.92 Å². The molecule has 3 aromatic rings. The van der Waals surface area contributed by atoms with E-state index in [2.05, 4.69) is 0 Å². The molecule has 1 saturated carbocycles. The summed E-state index contributed by atoms with van der Waals surface area (Å²) in [5.41, 5.74) is -0.221. The third-order valence-electron chi connectivity index (χ3n) is 7.71. The van der Waals surface area contributed by atoms with Crippen LogP contribution in [-0.4, -0.2) is 43.6 Å². The molecule has 3 aromatic carbocycles. The minimum absolute atomic E-state index is 0.0238. The number of phenols is 1. The Morgan fingerprint density at radius 3 is 2.26 bits per heavy atom. The van der Waals surface area contributed by atoms with Crippen molar-refractivity contribution in [1.82, 2.24) is 0 Å². The normalized spacial score (nSPS) is 28.5. The smallest absolute Gasteiger partial charge is 0.312 e. The Kier molecular flexibility index (Phi) is 5.40. The largest absolute Gasteiger partial charge is 0.508 e. The number of aliphatic hydroxyl groups is 1. The summed E-state index contributed by atoms with van der Waals surface area (Å²) >= 11 is 0. The van der Waals surface area contributed by atoms with Gasteiger partial charge in [0.05, 0.1) is 38.8 Å². The van der Waals surface area contributed by atoms with Crippen LogP contribution in [0.15, 0.2) is 66.7 Å². The molecule has 5 rings (SSSR count). The fraction of sp³-hybridized carbons (Fsp3) is 0.321. The van der Waals surface area contributed by atoms with E-state index in [-0.39, 0.29) is 5.75 Å². The maximum atomic E-state index is 13.2. The molecule has 2 aliphatic rings. The van der Waals surface area contributed by atoms with Gasteiger partial charge in [-0.05, 0) is 30.2 Å². The van der Waals surface area contributed by atoms with Crippen molar-refractivity contribution < 1.29 is 34.0 Å². The first-order valence-corrected chi connectivity index (χ1v) is 11.4. The second-order valence-corrected chi connectivity index (χ2v) is 9.17. The summed E-state index contributed by atoms with van der Waals surface area (Å²) < 4.78 is 23.0. The van der Waals surface area contributed by atoms with Gasteiger partial charge in [0.1, 0.15) is 23.0 Å². The van der Waals surface area contributed by atoms with Crippen LogP contribution in [-0.2, 0) is 20.5 Å². The Hall–Kier alpha value is -3.71. The molecule has 0 aromatic heterocycles. The molecule has 35 heavy (non-hydrogen) atoms. The van der Waals surface area contributed by atoms with E-state index in [0.717, 1.165) is 11.1 Å². The number of aromatic hydroxyl groups is 1. The lowest BCUT2D eigenvalue weighted by molar-refractivity contribution is -0.149. The summed E-state index contributed by atoms with van der Waals surface area (Å²) in [5, 5.41) is 22.4. The number of carbonyl (C=O) groups is 1. The van der Waals surface area contributed by atoms with Crippen LogP contribution in [0.1, 0.15) is 29.5 Å². The van der Waals surface area contributed by atoms with E-state index in [9.17, 15) is 15.0 Å². The molecule has 1 fully saturated rings. The Morgan fingerprint density at radius 1 is 0.971 bits per heavy atom. The van der Waals surface area contributed by atoms with Crippen molar-refractivity contribution in [3.05, 3.63) is 83.4 Å².